The molecule has 0 spiro atoms. The summed E-state index contributed by atoms with van der Waals surface area (Å²) in [5.74, 6) is -0.354. The van der Waals surface area contributed by atoms with Crippen LogP contribution in [0, 0.1) is 11.8 Å². The number of amides is 2. The van der Waals surface area contributed by atoms with Gasteiger partial charge in [0.05, 0.1) is 24.4 Å². The van der Waals surface area contributed by atoms with Crippen molar-refractivity contribution in [2.75, 3.05) is 33.9 Å². The average molecular weight is 266 g/mol. The van der Waals surface area contributed by atoms with Crippen molar-refractivity contribution in [3.05, 3.63) is 24.2 Å². The number of methoxy groups -OCH3 is 1. The van der Waals surface area contributed by atoms with Crippen LogP contribution in [0.4, 0.5) is 0 Å². The van der Waals surface area contributed by atoms with Crippen molar-refractivity contribution >= 4 is 11.8 Å². The van der Waals surface area contributed by atoms with E-state index >= 15 is 0 Å². The third-order valence-electron chi connectivity index (χ3n) is 3.46. The minimum Gasteiger partial charge on any atom is -0.472 e. The van der Waals surface area contributed by atoms with Crippen molar-refractivity contribution < 1.29 is 18.7 Å². The summed E-state index contributed by atoms with van der Waals surface area (Å²) >= 11 is 0. The zero-order chi connectivity index (χ0) is 13.8. The number of carbonyl (C=O) groups is 2. The van der Waals surface area contributed by atoms with Crippen LogP contribution in [0.3, 0.4) is 0 Å². The largest absolute Gasteiger partial charge is 0.472 e. The SMILES string of the molecule is CNC(=O)C1CN(C(=O)c2ccoc2)CC1COC. The molecule has 2 unspecified atom stereocenters. The molecule has 1 aliphatic rings. The molecule has 2 atom stereocenters. The van der Waals surface area contributed by atoms with Gasteiger partial charge in [0.1, 0.15) is 6.26 Å². The molecule has 1 aromatic heterocycles. The van der Waals surface area contributed by atoms with Gasteiger partial charge in [-0.15, -0.1) is 0 Å². The maximum absolute atomic E-state index is 12.2. The van der Waals surface area contributed by atoms with E-state index in [4.69, 9.17) is 9.15 Å². The van der Waals surface area contributed by atoms with Crippen molar-refractivity contribution in [2.45, 2.75) is 0 Å². The Morgan fingerprint density at radius 2 is 2.32 bits per heavy atom. The Morgan fingerprint density at radius 1 is 1.53 bits per heavy atom. The number of nitrogens with one attached hydrogen (secondary N) is 1. The first-order valence-corrected chi connectivity index (χ1v) is 6.19. The summed E-state index contributed by atoms with van der Waals surface area (Å²) in [4.78, 5) is 25.7. The van der Waals surface area contributed by atoms with E-state index in [1.165, 1.54) is 12.5 Å². The summed E-state index contributed by atoms with van der Waals surface area (Å²) in [6, 6.07) is 1.63. The molecular weight excluding hydrogens is 248 g/mol. The highest BCUT2D eigenvalue weighted by Gasteiger charge is 2.39. The van der Waals surface area contributed by atoms with Crippen LogP contribution in [0.1, 0.15) is 10.4 Å². The van der Waals surface area contributed by atoms with Gasteiger partial charge >= 0.3 is 0 Å². The Morgan fingerprint density at radius 3 is 2.89 bits per heavy atom. The van der Waals surface area contributed by atoms with Crippen molar-refractivity contribution in [1.29, 1.82) is 0 Å². The second-order valence-corrected chi connectivity index (χ2v) is 4.66. The number of nitrogens with zero attached hydrogens (tertiary/aromatic N) is 1. The normalized spacial score (nSPS) is 22.5. The van der Waals surface area contributed by atoms with E-state index in [2.05, 4.69) is 5.32 Å². The Hall–Kier alpha value is -1.82. The summed E-state index contributed by atoms with van der Waals surface area (Å²) < 4.78 is 10.0. The molecule has 104 valence electrons. The molecule has 1 saturated heterocycles. The first-order valence-electron chi connectivity index (χ1n) is 6.19. The van der Waals surface area contributed by atoms with Crippen LogP contribution in [0.5, 0.6) is 0 Å². The lowest BCUT2D eigenvalue weighted by atomic mass is 9.96. The van der Waals surface area contributed by atoms with Gasteiger partial charge in [-0.2, -0.15) is 0 Å². The van der Waals surface area contributed by atoms with Gasteiger partial charge in [0.25, 0.3) is 5.91 Å². The summed E-state index contributed by atoms with van der Waals surface area (Å²) in [6.07, 6.45) is 2.88. The van der Waals surface area contributed by atoms with Gasteiger partial charge in [0.2, 0.25) is 5.91 Å². The van der Waals surface area contributed by atoms with E-state index in [0.717, 1.165) is 0 Å². The van der Waals surface area contributed by atoms with Gasteiger partial charge < -0.3 is 19.4 Å². The molecule has 2 amide bonds. The lowest BCUT2D eigenvalue weighted by Crippen LogP contribution is -2.34. The van der Waals surface area contributed by atoms with Gasteiger partial charge in [-0.1, -0.05) is 0 Å². The summed E-state index contributed by atoms with van der Waals surface area (Å²) in [6.45, 7) is 1.40. The number of rotatable bonds is 4. The number of carbonyl (C=O) groups excluding carboxylic acids is 2. The van der Waals surface area contributed by atoms with E-state index in [-0.39, 0.29) is 23.7 Å². The second-order valence-electron chi connectivity index (χ2n) is 4.66. The molecule has 1 aromatic rings. The second kappa shape index (κ2) is 5.88. The minimum atomic E-state index is -0.221. The fraction of sp³-hybridized carbons (Fsp3) is 0.538. The maximum Gasteiger partial charge on any atom is 0.257 e. The number of furan rings is 1. The smallest absolute Gasteiger partial charge is 0.257 e. The van der Waals surface area contributed by atoms with E-state index < -0.39 is 0 Å². The quantitative estimate of drug-likeness (QED) is 0.854. The molecule has 1 fully saturated rings. The van der Waals surface area contributed by atoms with Crippen LogP contribution in [0.15, 0.2) is 23.0 Å². The number of hydrogen-bond donors (Lipinski definition) is 1. The summed E-state index contributed by atoms with van der Waals surface area (Å²) in [5.41, 5.74) is 0.508. The molecule has 0 aliphatic carbocycles. The van der Waals surface area contributed by atoms with Crippen LogP contribution in [0.2, 0.25) is 0 Å². The van der Waals surface area contributed by atoms with Gasteiger partial charge in [0.15, 0.2) is 0 Å². The molecule has 1 aliphatic heterocycles. The molecule has 0 aromatic carbocycles. The van der Waals surface area contributed by atoms with Gasteiger partial charge in [-0.3, -0.25) is 9.59 Å². The fourth-order valence-electron chi connectivity index (χ4n) is 2.47. The highest BCUT2D eigenvalue weighted by Crippen LogP contribution is 2.25. The van der Waals surface area contributed by atoms with Crippen molar-refractivity contribution in [1.82, 2.24) is 10.2 Å². The molecule has 0 bridgehead atoms. The van der Waals surface area contributed by atoms with Crippen LogP contribution in [-0.2, 0) is 9.53 Å². The van der Waals surface area contributed by atoms with Crippen LogP contribution in [-0.4, -0.2) is 50.6 Å². The van der Waals surface area contributed by atoms with Crippen LogP contribution >= 0.6 is 0 Å². The van der Waals surface area contributed by atoms with Crippen LogP contribution in [0.25, 0.3) is 0 Å². The fourth-order valence-corrected chi connectivity index (χ4v) is 2.47. The Labute approximate surface area is 111 Å². The number of ether oxygens (including phenoxy) is 1. The third kappa shape index (κ3) is 2.78. The average Bonchev–Trinajstić information content (AvgIpc) is 3.07. The standard InChI is InChI=1S/C13H18N2O4/c1-14-12(16)11-6-15(5-10(11)7-18-2)13(17)9-3-4-19-8-9/h3-4,8,10-11H,5-7H2,1-2H3,(H,14,16). The van der Waals surface area contributed by atoms with E-state index in [0.29, 0.717) is 25.3 Å². The lowest BCUT2D eigenvalue weighted by molar-refractivity contribution is -0.125. The van der Waals surface area contributed by atoms with Crippen molar-refractivity contribution in [2.24, 2.45) is 11.8 Å². The minimum absolute atomic E-state index is 0.0285. The molecule has 6 nitrogen and oxygen atoms in total. The third-order valence-corrected chi connectivity index (χ3v) is 3.46. The van der Waals surface area contributed by atoms with Crippen LogP contribution < -0.4 is 5.32 Å². The predicted octanol–water partition coefficient (Wildman–Crippen LogP) is 0.360. The van der Waals surface area contributed by atoms with Crippen molar-refractivity contribution in [3.8, 4) is 0 Å². The topological polar surface area (TPSA) is 71.8 Å². The van der Waals surface area contributed by atoms with Gasteiger partial charge in [-0.25, -0.2) is 0 Å². The zero-order valence-corrected chi connectivity index (χ0v) is 11.1. The number of likely N-dealkylation sites (tertiary alicyclic amines) is 1. The molecule has 6 heteroatoms. The molecule has 0 radical (unpaired) electrons. The highest BCUT2D eigenvalue weighted by atomic mass is 16.5. The Kier molecular flexibility index (Phi) is 4.21. The molecule has 2 rings (SSSR count). The first kappa shape index (κ1) is 13.6. The van der Waals surface area contributed by atoms with E-state index in [1.807, 2.05) is 0 Å². The Balaban J connectivity index is 2.09. The zero-order valence-electron chi connectivity index (χ0n) is 11.1. The first-order chi connectivity index (χ1) is 9.17. The molecular formula is C13H18N2O4. The molecule has 1 N–H and O–H groups in total. The van der Waals surface area contributed by atoms with Gasteiger partial charge in [-0.05, 0) is 6.07 Å². The number of hydrogen-bond acceptors (Lipinski definition) is 4. The van der Waals surface area contributed by atoms with Crippen molar-refractivity contribution in [3.63, 3.8) is 0 Å². The summed E-state index contributed by atoms with van der Waals surface area (Å²) in [5, 5.41) is 2.64. The Bertz CT molecular complexity index is 444. The van der Waals surface area contributed by atoms with E-state index in [1.54, 1.807) is 25.1 Å². The van der Waals surface area contributed by atoms with Gasteiger partial charge in [0, 0.05) is 33.2 Å². The lowest BCUT2D eigenvalue weighted by Gasteiger charge is -2.14. The maximum atomic E-state index is 12.2. The molecule has 19 heavy (non-hydrogen) atoms. The summed E-state index contributed by atoms with van der Waals surface area (Å²) in [7, 11) is 3.20. The highest BCUT2D eigenvalue weighted by molar-refractivity contribution is 5.94. The van der Waals surface area contributed by atoms with E-state index in [9.17, 15) is 9.59 Å². The molecule has 2 heterocycles. The monoisotopic (exact) mass is 266 g/mol. The predicted molar refractivity (Wildman–Crippen MR) is 67.5 cm³/mol. The molecule has 0 saturated carbocycles.